The highest BCUT2D eigenvalue weighted by atomic mass is 19.4. The molecule has 4 aromatic rings. The van der Waals surface area contributed by atoms with Crippen LogP contribution in [0.2, 0.25) is 0 Å². The Morgan fingerprint density at radius 3 is 2.56 bits per heavy atom. The van der Waals surface area contributed by atoms with E-state index in [2.05, 4.69) is 20.3 Å². The minimum atomic E-state index is -4.67. The van der Waals surface area contributed by atoms with Gasteiger partial charge in [0.2, 0.25) is 17.7 Å². The fraction of sp³-hybridized carbons (Fsp3) is 0.0476. The fourth-order valence-electron chi connectivity index (χ4n) is 2.96. The van der Waals surface area contributed by atoms with E-state index in [1.807, 2.05) is 0 Å². The molecule has 0 aliphatic heterocycles. The molecule has 0 spiro atoms. The zero-order chi connectivity index (χ0) is 22.9. The number of nitrogens with zero attached hydrogens (tertiary/aromatic N) is 3. The Labute approximate surface area is 178 Å². The zero-order valence-electron chi connectivity index (χ0n) is 16.1. The van der Waals surface area contributed by atoms with Crippen LogP contribution in [0.3, 0.4) is 0 Å². The number of rotatable bonds is 4. The molecule has 162 valence electrons. The van der Waals surface area contributed by atoms with Crippen LogP contribution in [0.15, 0.2) is 60.8 Å². The first-order valence-electron chi connectivity index (χ1n) is 9.08. The first-order valence-corrected chi connectivity index (χ1v) is 9.08. The van der Waals surface area contributed by atoms with Gasteiger partial charge in [-0.3, -0.25) is 4.79 Å². The SMILES string of the molecule is Nc1nccc(Oc2ccc3c(C(=O)Nc4cc(O)cc(C(F)(F)F)c4)cccc3n2)n1. The fourth-order valence-corrected chi connectivity index (χ4v) is 2.96. The number of benzene rings is 2. The number of amides is 1. The number of pyridine rings is 1. The molecular formula is C21H14F3N5O3. The zero-order valence-corrected chi connectivity index (χ0v) is 16.1. The number of alkyl halides is 3. The minimum Gasteiger partial charge on any atom is -0.508 e. The Kier molecular flexibility index (Phi) is 5.23. The van der Waals surface area contributed by atoms with Crippen molar-refractivity contribution in [3.63, 3.8) is 0 Å². The number of phenols is 1. The molecule has 8 nitrogen and oxygen atoms in total. The van der Waals surface area contributed by atoms with Crippen LogP contribution in [-0.2, 0) is 6.18 Å². The van der Waals surface area contributed by atoms with Gasteiger partial charge in [-0.1, -0.05) is 6.07 Å². The van der Waals surface area contributed by atoms with E-state index in [0.717, 1.165) is 12.1 Å². The smallest absolute Gasteiger partial charge is 0.416 e. The number of aromatic hydroxyl groups is 1. The number of hydrogen-bond donors (Lipinski definition) is 3. The van der Waals surface area contributed by atoms with Crippen LogP contribution in [0.5, 0.6) is 17.5 Å². The largest absolute Gasteiger partial charge is 0.508 e. The average molecular weight is 441 g/mol. The summed E-state index contributed by atoms with van der Waals surface area (Å²) in [4.78, 5) is 24.7. The van der Waals surface area contributed by atoms with Crippen molar-refractivity contribution in [3.05, 3.63) is 71.9 Å². The van der Waals surface area contributed by atoms with Crippen LogP contribution in [0.4, 0.5) is 24.8 Å². The van der Waals surface area contributed by atoms with Gasteiger partial charge in [-0.05, 0) is 30.3 Å². The summed E-state index contributed by atoms with van der Waals surface area (Å²) in [6.07, 6.45) is -3.25. The molecule has 4 N–H and O–H groups in total. The third kappa shape index (κ3) is 4.51. The van der Waals surface area contributed by atoms with Crippen LogP contribution < -0.4 is 15.8 Å². The molecule has 0 bridgehead atoms. The highest BCUT2D eigenvalue weighted by Crippen LogP contribution is 2.34. The lowest BCUT2D eigenvalue weighted by Crippen LogP contribution is -2.13. The van der Waals surface area contributed by atoms with Crippen LogP contribution in [-0.4, -0.2) is 26.0 Å². The highest BCUT2D eigenvalue weighted by molar-refractivity contribution is 6.12. The first-order chi connectivity index (χ1) is 15.2. The van der Waals surface area contributed by atoms with Gasteiger partial charge in [0, 0.05) is 41.0 Å². The van der Waals surface area contributed by atoms with Crippen LogP contribution in [0, 0.1) is 0 Å². The van der Waals surface area contributed by atoms with Crippen molar-refractivity contribution in [2.75, 3.05) is 11.1 Å². The van der Waals surface area contributed by atoms with Crippen LogP contribution in [0.1, 0.15) is 15.9 Å². The lowest BCUT2D eigenvalue weighted by Gasteiger charge is -2.12. The monoisotopic (exact) mass is 441 g/mol. The number of phenolic OH excluding ortho intramolecular Hbond substituents is 1. The van der Waals surface area contributed by atoms with E-state index in [0.29, 0.717) is 17.0 Å². The second-order valence-electron chi connectivity index (χ2n) is 6.60. The van der Waals surface area contributed by atoms with Gasteiger partial charge in [-0.2, -0.15) is 18.2 Å². The maximum atomic E-state index is 13.0. The molecule has 0 unspecified atom stereocenters. The molecule has 2 aromatic carbocycles. The lowest BCUT2D eigenvalue weighted by molar-refractivity contribution is -0.137. The predicted molar refractivity (Wildman–Crippen MR) is 109 cm³/mol. The first kappa shape index (κ1) is 20.8. The molecule has 0 aliphatic rings. The van der Waals surface area contributed by atoms with Crippen molar-refractivity contribution in [1.82, 2.24) is 15.0 Å². The number of anilines is 2. The number of hydrogen-bond acceptors (Lipinski definition) is 7. The number of nitrogens with two attached hydrogens (primary N) is 1. The van der Waals surface area contributed by atoms with Crippen molar-refractivity contribution in [2.45, 2.75) is 6.18 Å². The summed E-state index contributed by atoms with van der Waals surface area (Å²) in [6, 6.07) is 11.6. The van der Waals surface area contributed by atoms with E-state index in [1.54, 1.807) is 18.2 Å². The molecule has 2 heterocycles. The number of carbonyl (C=O) groups is 1. The number of carbonyl (C=O) groups excluding carboxylic acids is 1. The molecule has 11 heteroatoms. The summed E-state index contributed by atoms with van der Waals surface area (Å²) in [5, 5.41) is 12.4. The molecular weight excluding hydrogens is 427 g/mol. The second-order valence-corrected chi connectivity index (χ2v) is 6.60. The molecule has 0 saturated heterocycles. The molecule has 0 fully saturated rings. The van der Waals surface area contributed by atoms with E-state index in [9.17, 15) is 23.1 Å². The van der Waals surface area contributed by atoms with E-state index in [-0.39, 0.29) is 29.0 Å². The molecule has 0 aliphatic carbocycles. The van der Waals surface area contributed by atoms with Gasteiger partial charge < -0.3 is 20.9 Å². The third-order valence-corrected chi connectivity index (χ3v) is 4.31. The van der Waals surface area contributed by atoms with Crippen LogP contribution in [0.25, 0.3) is 10.9 Å². The third-order valence-electron chi connectivity index (χ3n) is 4.31. The number of nitrogen functional groups attached to an aromatic ring is 1. The van der Waals surface area contributed by atoms with E-state index in [1.165, 1.54) is 24.4 Å². The average Bonchev–Trinajstić information content (AvgIpc) is 2.72. The summed E-state index contributed by atoms with van der Waals surface area (Å²) in [5.74, 6) is -0.892. The Hall–Kier alpha value is -4.41. The Morgan fingerprint density at radius 1 is 1.03 bits per heavy atom. The number of halogens is 3. The maximum absolute atomic E-state index is 13.0. The summed E-state index contributed by atoms with van der Waals surface area (Å²) in [7, 11) is 0. The van der Waals surface area contributed by atoms with Gasteiger partial charge in [-0.15, -0.1) is 0 Å². The van der Waals surface area contributed by atoms with Gasteiger partial charge in [0.05, 0.1) is 11.1 Å². The summed E-state index contributed by atoms with van der Waals surface area (Å²) < 4.78 is 44.5. The van der Waals surface area contributed by atoms with Gasteiger partial charge in [0.15, 0.2) is 0 Å². The van der Waals surface area contributed by atoms with Crippen molar-refractivity contribution >= 4 is 28.4 Å². The Bertz CT molecular complexity index is 1330. The number of ether oxygens (including phenoxy) is 1. The summed E-state index contributed by atoms with van der Waals surface area (Å²) >= 11 is 0. The van der Waals surface area contributed by atoms with Gasteiger partial charge in [0.25, 0.3) is 5.91 Å². The molecule has 0 atom stereocenters. The van der Waals surface area contributed by atoms with Gasteiger partial charge in [-0.25, -0.2) is 9.97 Å². The molecule has 0 radical (unpaired) electrons. The van der Waals surface area contributed by atoms with Crippen LogP contribution >= 0.6 is 0 Å². The molecule has 32 heavy (non-hydrogen) atoms. The quantitative estimate of drug-likeness (QED) is 0.430. The van der Waals surface area contributed by atoms with Crippen molar-refractivity contribution in [3.8, 4) is 17.5 Å². The summed E-state index contributed by atoms with van der Waals surface area (Å²) in [6.45, 7) is 0. The van der Waals surface area contributed by atoms with E-state index in [4.69, 9.17) is 10.5 Å². The van der Waals surface area contributed by atoms with E-state index >= 15 is 0 Å². The topological polar surface area (TPSA) is 123 Å². The standard InChI is InChI=1S/C21H14F3N5O3/c22-21(23,24)11-8-12(10-13(30)9-11)27-19(31)15-2-1-3-16-14(15)4-5-17(28-16)32-18-6-7-26-20(25)29-18/h1-10,30H,(H,27,31)(H2,25,26,29). The van der Waals surface area contributed by atoms with Crippen molar-refractivity contribution in [2.24, 2.45) is 0 Å². The molecule has 2 aromatic heterocycles. The van der Waals surface area contributed by atoms with Crippen molar-refractivity contribution in [1.29, 1.82) is 0 Å². The molecule has 4 rings (SSSR count). The van der Waals surface area contributed by atoms with Gasteiger partial charge in [0.1, 0.15) is 5.75 Å². The minimum absolute atomic E-state index is 0.0304. The second kappa shape index (κ2) is 8.02. The Morgan fingerprint density at radius 2 is 1.81 bits per heavy atom. The number of fused-ring (bicyclic) bond motifs is 1. The Balaban J connectivity index is 1.62. The predicted octanol–water partition coefficient (Wildman–Crippen LogP) is 4.38. The molecule has 0 saturated carbocycles. The maximum Gasteiger partial charge on any atom is 0.416 e. The summed E-state index contributed by atoms with van der Waals surface area (Å²) in [5.41, 5.74) is 4.81. The van der Waals surface area contributed by atoms with Gasteiger partial charge >= 0.3 is 6.18 Å². The normalized spacial score (nSPS) is 11.3. The highest BCUT2D eigenvalue weighted by Gasteiger charge is 2.31. The number of nitrogens with one attached hydrogen (secondary N) is 1. The number of aromatic nitrogens is 3. The van der Waals surface area contributed by atoms with Crippen molar-refractivity contribution < 1.29 is 27.8 Å². The molecule has 1 amide bonds. The van der Waals surface area contributed by atoms with E-state index < -0.39 is 23.4 Å². The lowest BCUT2D eigenvalue weighted by atomic mass is 10.1.